The zero-order chi connectivity index (χ0) is 12.9. The molecule has 4 nitrogen and oxygen atoms in total. The highest BCUT2D eigenvalue weighted by Gasteiger charge is 2.37. The van der Waals surface area contributed by atoms with Gasteiger partial charge in [0, 0.05) is 5.41 Å². The van der Waals surface area contributed by atoms with Gasteiger partial charge >= 0.3 is 0 Å². The number of nitrogens with two attached hydrogens (primary N) is 1. The van der Waals surface area contributed by atoms with Crippen LogP contribution in [0.25, 0.3) is 0 Å². The molecule has 0 spiro atoms. The first-order chi connectivity index (χ1) is 7.87. The number of primary sulfonamides is 1. The van der Waals surface area contributed by atoms with Gasteiger partial charge in [0.25, 0.3) is 0 Å². The number of hydrogen-bond acceptors (Lipinski definition) is 3. The van der Waals surface area contributed by atoms with Gasteiger partial charge in [-0.15, -0.1) is 0 Å². The van der Waals surface area contributed by atoms with E-state index in [0.717, 1.165) is 38.5 Å². The summed E-state index contributed by atoms with van der Waals surface area (Å²) in [5.41, 5.74) is -0.227. The predicted molar refractivity (Wildman–Crippen MR) is 69.2 cm³/mol. The van der Waals surface area contributed by atoms with E-state index in [-0.39, 0.29) is 17.3 Å². The SMILES string of the molecule is CCCC(C)OCC1(CS(N)(=O)=O)CCCC1. The molecule has 0 amide bonds. The maximum atomic E-state index is 11.3. The van der Waals surface area contributed by atoms with Crippen molar-refractivity contribution in [2.45, 2.75) is 58.5 Å². The van der Waals surface area contributed by atoms with E-state index in [1.165, 1.54) is 0 Å². The molecule has 0 aromatic carbocycles. The Morgan fingerprint density at radius 1 is 1.35 bits per heavy atom. The molecule has 17 heavy (non-hydrogen) atoms. The summed E-state index contributed by atoms with van der Waals surface area (Å²) in [7, 11) is -3.41. The Morgan fingerprint density at radius 3 is 2.41 bits per heavy atom. The molecule has 0 aromatic rings. The quantitative estimate of drug-likeness (QED) is 0.764. The van der Waals surface area contributed by atoms with Crippen LogP contribution in [0.3, 0.4) is 0 Å². The molecule has 5 heteroatoms. The second-order valence-electron chi connectivity index (χ2n) is 5.42. The van der Waals surface area contributed by atoms with Gasteiger partial charge < -0.3 is 4.74 Å². The summed E-state index contributed by atoms with van der Waals surface area (Å²) in [6, 6.07) is 0. The smallest absolute Gasteiger partial charge is 0.209 e. The van der Waals surface area contributed by atoms with Crippen LogP contribution in [0.4, 0.5) is 0 Å². The summed E-state index contributed by atoms with van der Waals surface area (Å²) in [6.45, 7) is 4.70. The van der Waals surface area contributed by atoms with Crippen LogP contribution in [0, 0.1) is 5.41 Å². The van der Waals surface area contributed by atoms with Gasteiger partial charge in [0.2, 0.25) is 10.0 Å². The molecule has 1 rings (SSSR count). The van der Waals surface area contributed by atoms with Crippen molar-refractivity contribution in [1.29, 1.82) is 0 Å². The minimum Gasteiger partial charge on any atom is -0.378 e. The van der Waals surface area contributed by atoms with Crippen LogP contribution in [0.1, 0.15) is 52.4 Å². The first kappa shape index (κ1) is 14.9. The van der Waals surface area contributed by atoms with Crippen molar-refractivity contribution in [3.8, 4) is 0 Å². The van der Waals surface area contributed by atoms with Gasteiger partial charge in [-0.05, 0) is 26.2 Å². The lowest BCUT2D eigenvalue weighted by Gasteiger charge is -2.29. The highest BCUT2D eigenvalue weighted by Crippen LogP contribution is 2.39. The fraction of sp³-hybridized carbons (Fsp3) is 1.00. The zero-order valence-electron chi connectivity index (χ0n) is 10.9. The van der Waals surface area contributed by atoms with Crippen LogP contribution >= 0.6 is 0 Å². The van der Waals surface area contributed by atoms with Gasteiger partial charge in [-0.2, -0.15) is 0 Å². The number of hydrogen-bond donors (Lipinski definition) is 1. The maximum absolute atomic E-state index is 11.3. The van der Waals surface area contributed by atoms with E-state index in [4.69, 9.17) is 9.88 Å². The average Bonchev–Trinajstić information content (AvgIpc) is 2.62. The van der Waals surface area contributed by atoms with Crippen LogP contribution in [0.5, 0.6) is 0 Å². The number of ether oxygens (including phenoxy) is 1. The zero-order valence-corrected chi connectivity index (χ0v) is 11.8. The van der Waals surface area contributed by atoms with E-state index in [1.54, 1.807) is 0 Å². The fourth-order valence-electron chi connectivity index (χ4n) is 2.69. The van der Waals surface area contributed by atoms with Gasteiger partial charge in [0.1, 0.15) is 0 Å². The molecule has 0 aliphatic heterocycles. The third kappa shape index (κ3) is 5.36. The largest absolute Gasteiger partial charge is 0.378 e. The molecule has 0 radical (unpaired) electrons. The summed E-state index contributed by atoms with van der Waals surface area (Å²) in [4.78, 5) is 0. The Balaban J connectivity index is 2.54. The van der Waals surface area contributed by atoms with Crippen LogP contribution < -0.4 is 5.14 Å². The average molecular weight is 263 g/mol. The third-order valence-electron chi connectivity index (χ3n) is 3.54. The first-order valence-corrected chi connectivity index (χ1v) is 8.20. The van der Waals surface area contributed by atoms with E-state index in [1.807, 2.05) is 6.92 Å². The summed E-state index contributed by atoms with van der Waals surface area (Å²) in [5.74, 6) is 0.0683. The maximum Gasteiger partial charge on any atom is 0.209 e. The van der Waals surface area contributed by atoms with E-state index in [9.17, 15) is 8.42 Å². The molecule has 0 saturated heterocycles. The molecule has 0 heterocycles. The lowest BCUT2D eigenvalue weighted by Crippen LogP contribution is -2.36. The monoisotopic (exact) mass is 263 g/mol. The van der Waals surface area contributed by atoms with Crippen molar-refractivity contribution in [3.63, 3.8) is 0 Å². The van der Waals surface area contributed by atoms with Gasteiger partial charge in [-0.25, -0.2) is 13.6 Å². The predicted octanol–water partition coefficient (Wildman–Crippen LogP) is 2.04. The molecule has 1 aliphatic rings. The molecule has 1 aliphatic carbocycles. The van der Waals surface area contributed by atoms with E-state index in [2.05, 4.69) is 6.92 Å². The number of sulfonamides is 1. The van der Waals surface area contributed by atoms with Crippen molar-refractivity contribution in [3.05, 3.63) is 0 Å². The molecule has 1 atom stereocenters. The molecule has 1 saturated carbocycles. The van der Waals surface area contributed by atoms with Crippen molar-refractivity contribution in [2.24, 2.45) is 10.6 Å². The Bertz CT molecular complexity index is 321. The minimum atomic E-state index is -3.41. The summed E-state index contributed by atoms with van der Waals surface area (Å²) in [5, 5.41) is 5.18. The lowest BCUT2D eigenvalue weighted by molar-refractivity contribution is 0.00503. The normalized spacial score (nSPS) is 21.6. The van der Waals surface area contributed by atoms with Gasteiger partial charge in [-0.3, -0.25) is 0 Å². The Kier molecular flexibility index (Phi) is 5.41. The molecular weight excluding hydrogens is 238 g/mol. The van der Waals surface area contributed by atoms with E-state index >= 15 is 0 Å². The first-order valence-electron chi connectivity index (χ1n) is 6.49. The van der Waals surface area contributed by atoms with Crippen LogP contribution in [0.2, 0.25) is 0 Å². The van der Waals surface area contributed by atoms with Gasteiger partial charge in [0.05, 0.1) is 18.5 Å². The second-order valence-corrected chi connectivity index (χ2v) is 7.04. The molecule has 0 bridgehead atoms. The lowest BCUT2D eigenvalue weighted by atomic mass is 9.90. The highest BCUT2D eigenvalue weighted by molar-refractivity contribution is 7.89. The Hall–Kier alpha value is -0.130. The van der Waals surface area contributed by atoms with Crippen molar-refractivity contribution in [2.75, 3.05) is 12.4 Å². The Labute approximate surface area is 105 Å². The molecule has 0 aromatic heterocycles. The second kappa shape index (κ2) is 6.16. The van der Waals surface area contributed by atoms with E-state index < -0.39 is 10.0 Å². The van der Waals surface area contributed by atoms with Crippen LogP contribution in [-0.2, 0) is 14.8 Å². The third-order valence-corrected chi connectivity index (χ3v) is 4.56. The van der Waals surface area contributed by atoms with E-state index in [0.29, 0.717) is 6.61 Å². The van der Waals surface area contributed by atoms with Crippen LogP contribution in [0.15, 0.2) is 0 Å². The molecule has 1 unspecified atom stereocenters. The number of rotatable bonds is 7. The van der Waals surface area contributed by atoms with Gasteiger partial charge in [-0.1, -0.05) is 26.2 Å². The minimum absolute atomic E-state index is 0.0683. The molecule has 2 N–H and O–H groups in total. The standard InChI is InChI=1S/C12H25NO3S/c1-3-6-11(2)16-9-12(7-4-5-8-12)10-17(13,14)15/h11H,3-10H2,1-2H3,(H2,13,14,15). The van der Waals surface area contributed by atoms with Crippen molar-refractivity contribution >= 4 is 10.0 Å². The van der Waals surface area contributed by atoms with Crippen molar-refractivity contribution < 1.29 is 13.2 Å². The summed E-state index contributed by atoms with van der Waals surface area (Å²) >= 11 is 0. The molecule has 102 valence electrons. The Morgan fingerprint density at radius 2 is 1.94 bits per heavy atom. The van der Waals surface area contributed by atoms with Crippen LogP contribution in [-0.4, -0.2) is 26.9 Å². The topological polar surface area (TPSA) is 69.4 Å². The highest BCUT2D eigenvalue weighted by atomic mass is 32.2. The molecule has 1 fully saturated rings. The summed E-state index contributed by atoms with van der Waals surface area (Å²) < 4.78 is 28.4. The summed E-state index contributed by atoms with van der Waals surface area (Å²) in [6.07, 6.45) is 6.32. The van der Waals surface area contributed by atoms with Gasteiger partial charge in [0.15, 0.2) is 0 Å². The molecular formula is C12H25NO3S. The van der Waals surface area contributed by atoms with Crippen molar-refractivity contribution in [1.82, 2.24) is 0 Å². The fourth-order valence-corrected chi connectivity index (χ4v) is 3.92.